The van der Waals surface area contributed by atoms with E-state index in [1.807, 2.05) is 95.4 Å². The number of thiazole rings is 1. The second kappa shape index (κ2) is 8.04. The maximum absolute atomic E-state index is 13.0. The Morgan fingerprint density at radius 2 is 1.77 bits per heavy atom. The quantitative estimate of drug-likeness (QED) is 0.418. The Morgan fingerprint density at radius 3 is 2.52 bits per heavy atom. The van der Waals surface area contributed by atoms with Crippen LogP contribution in [0.5, 0.6) is 0 Å². The molecule has 1 amide bonds. The van der Waals surface area contributed by atoms with Gasteiger partial charge in [0.25, 0.3) is 5.91 Å². The summed E-state index contributed by atoms with van der Waals surface area (Å²) in [4.78, 5) is 23.1. The van der Waals surface area contributed by atoms with E-state index in [9.17, 15) is 4.79 Å². The number of anilines is 1. The number of hydrogen-bond donors (Lipinski definition) is 1. The van der Waals surface area contributed by atoms with E-state index in [1.54, 1.807) is 12.3 Å². The lowest BCUT2D eigenvalue weighted by atomic mass is 10.1. The average Bonchev–Trinajstić information content (AvgIpc) is 3.55. The van der Waals surface area contributed by atoms with Gasteiger partial charge in [0, 0.05) is 48.6 Å². The minimum absolute atomic E-state index is 0.200. The molecule has 1 N–H and O–H groups in total. The molecule has 0 unspecified atom stereocenters. The zero-order chi connectivity index (χ0) is 21.2. The Balaban J connectivity index is 1.49. The predicted molar refractivity (Wildman–Crippen MR) is 123 cm³/mol. The minimum Gasteiger partial charge on any atom is -0.333 e. The largest absolute Gasteiger partial charge is 0.333 e. The van der Waals surface area contributed by atoms with E-state index in [0.29, 0.717) is 10.7 Å². The van der Waals surface area contributed by atoms with Crippen molar-refractivity contribution in [2.45, 2.75) is 0 Å². The number of nitrogens with zero attached hydrogens (tertiary/aromatic N) is 4. The second-order valence-corrected chi connectivity index (χ2v) is 8.02. The van der Waals surface area contributed by atoms with Crippen LogP contribution in [-0.4, -0.2) is 25.0 Å². The molecule has 31 heavy (non-hydrogen) atoms. The Kier molecular flexibility index (Phi) is 4.93. The summed E-state index contributed by atoms with van der Waals surface area (Å²) in [5, 5.41) is 3.50. The van der Waals surface area contributed by atoms with Gasteiger partial charge in [0.05, 0.1) is 10.6 Å². The van der Waals surface area contributed by atoms with Crippen LogP contribution in [-0.2, 0) is 7.05 Å². The van der Waals surface area contributed by atoms with Gasteiger partial charge in [-0.05, 0) is 30.3 Å². The first-order chi connectivity index (χ1) is 15.2. The fourth-order valence-corrected chi connectivity index (χ4v) is 4.41. The molecule has 6 nitrogen and oxygen atoms in total. The molecule has 0 bridgehead atoms. The highest BCUT2D eigenvalue weighted by Crippen LogP contribution is 2.38. The number of carbonyl (C=O) groups excluding carboxylic acids is 1. The van der Waals surface area contributed by atoms with Gasteiger partial charge >= 0.3 is 0 Å². The molecule has 7 heteroatoms. The van der Waals surface area contributed by atoms with Gasteiger partial charge in [0.15, 0.2) is 11.0 Å². The van der Waals surface area contributed by atoms with Gasteiger partial charge in [0.2, 0.25) is 0 Å². The van der Waals surface area contributed by atoms with Crippen LogP contribution >= 0.6 is 11.3 Å². The SMILES string of the molecule is Cn1ccnc1-c1sc(NC(=O)c2cccc(-n3cccc3)c2)nc1-c1ccccc1. The number of benzene rings is 2. The number of aryl methyl sites for hydroxylation is 1. The molecule has 0 aliphatic carbocycles. The molecule has 3 aromatic heterocycles. The van der Waals surface area contributed by atoms with Crippen LogP contribution in [0.25, 0.3) is 27.6 Å². The molecule has 2 aromatic carbocycles. The summed E-state index contributed by atoms with van der Waals surface area (Å²) in [5.74, 6) is 0.611. The van der Waals surface area contributed by atoms with Crippen molar-refractivity contribution < 1.29 is 4.79 Å². The molecule has 0 atom stereocenters. The first-order valence-corrected chi connectivity index (χ1v) is 10.6. The molecule has 0 saturated carbocycles. The summed E-state index contributed by atoms with van der Waals surface area (Å²) < 4.78 is 3.92. The fourth-order valence-electron chi connectivity index (χ4n) is 3.38. The van der Waals surface area contributed by atoms with Crippen molar-refractivity contribution in [1.29, 1.82) is 0 Å². The smallest absolute Gasteiger partial charge is 0.257 e. The molecule has 0 aliphatic heterocycles. The molecular formula is C24H19N5OS. The third kappa shape index (κ3) is 3.78. The summed E-state index contributed by atoms with van der Waals surface area (Å²) in [7, 11) is 1.95. The van der Waals surface area contributed by atoms with Crippen molar-refractivity contribution in [3.05, 3.63) is 97.1 Å². The Bertz CT molecular complexity index is 1340. The Morgan fingerprint density at radius 1 is 0.968 bits per heavy atom. The van der Waals surface area contributed by atoms with Crippen molar-refractivity contribution in [3.63, 3.8) is 0 Å². The third-order valence-electron chi connectivity index (χ3n) is 4.93. The van der Waals surface area contributed by atoms with Gasteiger partial charge in [-0.3, -0.25) is 10.1 Å². The summed E-state index contributed by atoms with van der Waals surface area (Å²) >= 11 is 1.42. The molecule has 5 rings (SSSR count). The van der Waals surface area contributed by atoms with Gasteiger partial charge in [-0.1, -0.05) is 47.7 Å². The van der Waals surface area contributed by atoms with Crippen molar-refractivity contribution in [1.82, 2.24) is 19.1 Å². The predicted octanol–water partition coefficient (Wildman–Crippen LogP) is 5.25. The Labute approximate surface area is 183 Å². The number of nitrogens with one attached hydrogen (secondary N) is 1. The van der Waals surface area contributed by atoms with Crippen molar-refractivity contribution in [2.24, 2.45) is 7.05 Å². The Hall–Kier alpha value is -3.97. The highest BCUT2D eigenvalue weighted by atomic mass is 32.1. The zero-order valence-corrected chi connectivity index (χ0v) is 17.6. The van der Waals surface area contributed by atoms with E-state index in [-0.39, 0.29) is 5.91 Å². The minimum atomic E-state index is -0.200. The highest BCUT2D eigenvalue weighted by molar-refractivity contribution is 7.19. The lowest BCUT2D eigenvalue weighted by Crippen LogP contribution is -2.12. The second-order valence-electron chi connectivity index (χ2n) is 7.02. The fraction of sp³-hybridized carbons (Fsp3) is 0.0417. The summed E-state index contributed by atoms with van der Waals surface area (Å²) in [6.45, 7) is 0. The zero-order valence-electron chi connectivity index (χ0n) is 16.8. The normalized spacial score (nSPS) is 10.9. The van der Waals surface area contributed by atoms with Crippen LogP contribution in [0, 0.1) is 0 Å². The van der Waals surface area contributed by atoms with E-state index < -0.39 is 0 Å². The number of hydrogen-bond acceptors (Lipinski definition) is 4. The number of rotatable bonds is 5. The first kappa shape index (κ1) is 19.0. The molecule has 152 valence electrons. The molecule has 5 aromatic rings. The van der Waals surface area contributed by atoms with E-state index in [1.165, 1.54) is 11.3 Å². The average molecular weight is 426 g/mol. The molecule has 0 fully saturated rings. The van der Waals surface area contributed by atoms with Crippen LogP contribution in [0.2, 0.25) is 0 Å². The number of carbonyl (C=O) groups is 1. The van der Waals surface area contributed by atoms with Crippen LogP contribution < -0.4 is 5.32 Å². The maximum Gasteiger partial charge on any atom is 0.257 e. The van der Waals surface area contributed by atoms with Crippen LogP contribution in [0.3, 0.4) is 0 Å². The van der Waals surface area contributed by atoms with Gasteiger partial charge in [-0.25, -0.2) is 9.97 Å². The molecule has 3 heterocycles. The summed E-state index contributed by atoms with van der Waals surface area (Å²) in [6.07, 6.45) is 7.55. The summed E-state index contributed by atoms with van der Waals surface area (Å²) in [6, 6.07) is 21.3. The van der Waals surface area contributed by atoms with E-state index in [0.717, 1.165) is 27.6 Å². The van der Waals surface area contributed by atoms with Crippen LogP contribution in [0.1, 0.15) is 10.4 Å². The van der Waals surface area contributed by atoms with Crippen molar-refractivity contribution >= 4 is 22.4 Å². The highest BCUT2D eigenvalue weighted by Gasteiger charge is 2.19. The van der Waals surface area contributed by atoms with E-state index in [4.69, 9.17) is 4.98 Å². The number of imidazole rings is 1. The lowest BCUT2D eigenvalue weighted by Gasteiger charge is -2.06. The van der Waals surface area contributed by atoms with Crippen molar-refractivity contribution in [3.8, 4) is 27.6 Å². The van der Waals surface area contributed by atoms with Crippen LogP contribution in [0.4, 0.5) is 5.13 Å². The standard InChI is InChI=1S/C24H19N5OS/c1-28-15-12-25-22(28)21-20(17-8-3-2-4-9-17)26-24(31-21)27-23(30)18-10-7-11-19(16-18)29-13-5-6-14-29/h2-16H,1H3,(H,26,27,30). The van der Waals surface area contributed by atoms with Gasteiger partial charge < -0.3 is 9.13 Å². The van der Waals surface area contributed by atoms with E-state index in [2.05, 4.69) is 10.3 Å². The first-order valence-electron chi connectivity index (χ1n) is 9.78. The molecule has 0 radical (unpaired) electrons. The number of aromatic nitrogens is 4. The monoisotopic (exact) mass is 425 g/mol. The topological polar surface area (TPSA) is 64.7 Å². The molecular weight excluding hydrogens is 406 g/mol. The molecule has 0 saturated heterocycles. The molecule has 0 spiro atoms. The maximum atomic E-state index is 13.0. The van der Waals surface area contributed by atoms with Gasteiger partial charge in [0.1, 0.15) is 0 Å². The van der Waals surface area contributed by atoms with Gasteiger partial charge in [-0.15, -0.1) is 0 Å². The van der Waals surface area contributed by atoms with Crippen LogP contribution in [0.15, 0.2) is 91.5 Å². The third-order valence-corrected chi connectivity index (χ3v) is 5.90. The molecule has 0 aliphatic rings. The lowest BCUT2D eigenvalue weighted by molar-refractivity contribution is 0.102. The van der Waals surface area contributed by atoms with Gasteiger partial charge in [-0.2, -0.15) is 0 Å². The van der Waals surface area contributed by atoms with E-state index >= 15 is 0 Å². The summed E-state index contributed by atoms with van der Waals surface area (Å²) in [5.41, 5.74) is 3.28. The number of amides is 1. The van der Waals surface area contributed by atoms with Crippen molar-refractivity contribution in [2.75, 3.05) is 5.32 Å².